The van der Waals surface area contributed by atoms with E-state index in [1.165, 1.54) is 11.3 Å². The highest BCUT2D eigenvalue weighted by atomic mass is 35.5. The molecule has 5 nitrogen and oxygen atoms in total. The highest BCUT2D eigenvalue weighted by Gasteiger charge is 2.25. The highest BCUT2D eigenvalue weighted by Crippen LogP contribution is 2.25. The van der Waals surface area contributed by atoms with Crippen LogP contribution in [0.4, 0.5) is 0 Å². The number of carboxylic acids is 1. The molecule has 1 amide bonds. The summed E-state index contributed by atoms with van der Waals surface area (Å²) in [5, 5.41) is 10.8. The largest absolute Gasteiger partial charge is 0.481 e. The first-order valence-corrected chi connectivity index (χ1v) is 7.69. The third-order valence-corrected chi connectivity index (χ3v) is 4.54. The van der Waals surface area contributed by atoms with Crippen molar-refractivity contribution in [1.82, 2.24) is 4.90 Å². The number of carbonyl (C=O) groups excluding carboxylic acids is 1. The third-order valence-electron chi connectivity index (χ3n) is 3.21. The van der Waals surface area contributed by atoms with Crippen LogP contribution in [0.3, 0.4) is 0 Å². The molecule has 1 aliphatic heterocycles. The normalized spacial score (nSPS) is 16.4. The van der Waals surface area contributed by atoms with Crippen molar-refractivity contribution in [2.75, 3.05) is 19.7 Å². The van der Waals surface area contributed by atoms with Crippen LogP contribution in [0.15, 0.2) is 11.4 Å². The number of rotatable bonds is 5. The number of hydrogen-bond acceptors (Lipinski definition) is 4. The number of nitrogens with zero attached hydrogens (tertiary/aromatic N) is 1. The van der Waals surface area contributed by atoms with Crippen LogP contribution in [-0.4, -0.2) is 47.7 Å². The second-order valence-corrected chi connectivity index (χ2v) is 5.93. The molecule has 0 unspecified atom stereocenters. The van der Waals surface area contributed by atoms with Crippen LogP contribution in [0, 0.1) is 0 Å². The van der Waals surface area contributed by atoms with Crippen LogP contribution in [-0.2, 0) is 9.53 Å². The molecule has 0 bridgehead atoms. The first kappa shape index (κ1) is 15.3. The molecule has 2 heterocycles. The van der Waals surface area contributed by atoms with Gasteiger partial charge in [0.25, 0.3) is 5.91 Å². The Morgan fingerprint density at radius 1 is 1.45 bits per heavy atom. The molecule has 20 heavy (non-hydrogen) atoms. The molecule has 1 aromatic rings. The number of carboxylic acid groups (broad SMARTS) is 1. The Bertz CT molecular complexity index is 482. The summed E-state index contributed by atoms with van der Waals surface area (Å²) in [4.78, 5) is 25.0. The van der Waals surface area contributed by atoms with Gasteiger partial charge in [0.1, 0.15) is 4.88 Å². The van der Waals surface area contributed by atoms with Crippen LogP contribution in [0.1, 0.15) is 28.9 Å². The van der Waals surface area contributed by atoms with Gasteiger partial charge in [-0.05, 0) is 24.3 Å². The molecule has 0 saturated carbocycles. The molecule has 1 saturated heterocycles. The minimum absolute atomic E-state index is 0.0178. The van der Waals surface area contributed by atoms with Crippen molar-refractivity contribution in [2.45, 2.75) is 25.4 Å². The number of amides is 1. The lowest BCUT2D eigenvalue weighted by Gasteiger charge is -2.31. The number of ether oxygens (including phenoxy) is 1. The predicted molar refractivity (Wildman–Crippen MR) is 76.5 cm³/mol. The van der Waals surface area contributed by atoms with Crippen LogP contribution in [0.2, 0.25) is 5.02 Å². The monoisotopic (exact) mass is 317 g/mol. The van der Waals surface area contributed by atoms with Crippen molar-refractivity contribution < 1.29 is 19.4 Å². The number of hydrogen-bond donors (Lipinski definition) is 1. The Hall–Kier alpha value is -1.11. The molecule has 7 heteroatoms. The molecule has 110 valence electrons. The SMILES string of the molecule is O=C(O)CCOC1CCN(C(=O)c2sccc2Cl)CC1. The number of thiophene rings is 1. The molecular formula is C13H16ClNO4S. The molecule has 0 aliphatic carbocycles. The number of piperidine rings is 1. The van der Waals surface area contributed by atoms with Gasteiger partial charge in [-0.3, -0.25) is 9.59 Å². The van der Waals surface area contributed by atoms with Crippen molar-refractivity contribution in [3.63, 3.8) is 0 Å². The van der Waals surface area contributed by atoms with E-state index in [0.717, 1.165) is 12.8 Å². The molecule has 1 fully saturated rings. The van der Waals surface area contributed by atoms with Crippen LogP contribution in [0.5, 0.6) is 0 Å². The Morgan fingerprint density at radius 2 is 2.15 bits per heavy atom. The molecular weight excluding hydrogens is 302 g/mol. The zero-order chi connectivity index (χ0) is 14.5. The van der Waals surface area contributed by atoms with Crippen molar-refractivity contribution >= 4 is 34.8 Å². The van der Waals surface area contributed by atoms with Gasteiger partial charge in [-0.2, -0.15) is 0 Å². The maximum atomic E-state index is 12.2. The maximum Gasteiger partial charge on any atom is 0.305 e. The molecule has 0 aromatic carbocycles. The summed E-state index contributed by atoms with van der Waals surface area (Å²) in [6.45, 7) is 1.46. The second-order valence-electron chi connectivity index (χ2n) is 4.60. The van der Waals surface area contributed by atoms with E-state index in [2.05, 4.69) is 0 Å². The third kappa shape index (κ3) is 3.94. The first-order valence-electron chi connectivity index (χ1n) is 6.43. The van der Waals surface area contributed by atoms with Crippen LogP contribution >= 0.6 is 22.9 Å². The average Bonchev–Trinajstić information content (AvgIpc) is 2.84. The summed E-state index contributed by atoms with van der Waals surface area (Å²) < 4.78 is 5.49. The highest BCUT2D eigenvalue weighted by molar-refractivity contribution is 7.12. The van der Waals surface area contributed by atoms with Gasteiger partial charge in [0.2, 0.25) is 0 Å². The van der Waals surface area contributed by atoms with Gasteiger partial charge in [-0.25, -0.2) is 0 Å². The van der Waals surface area contributed by atoms with Crippen molar-refractivity contribution in [1.29, 1.82) is 0 Å². The van der Waals surface area contributed by atoms with E-state index in [9.17, 15) is 9.59 Å². The average molecular weight is 318 g/mol. The Labute approximate surface area is 126 Å². The standard InChI is InChI=1S/C13H16ClNO4S/c14-10-4-8-20-12(10)13(18)15-5-1-9(2-6-15)19-7-3-11(16)17/h4,8-9H,1-3,5-7H2,(H,16,17). The minimum Gasteiger partial charge on any atom is -0.481 e. The summed E-state index contributed by atoms with van der Waals surface area (Å²) >= 11 is 7.31. The van der Waals surface area contributed by atoms with Crippen molar-refractivity contribution in [3.05, 3.63) is 21.3 Å². The van der Waals surface area contributed by atoms with E-state index >= 15 is 0 Å². The molecule has 2 rings (SSSR count). The lowest BCUT2D eigenvalue weighted by molar-refractivity contribution is -0.138. The quantitative estimate of drug-likeness (QED) is 0.906. The van der Waals surface area contributed by atoms with Crippen molar-refractivity contribution in [3.8, 4) is 0 Å². The van der Waals surface area contributed by atoms with Gasteiger partial charge in [-0.15, -0.1) is 11.3 Å². The van der Waals surface area contributed by atoms with E-state index in [-0.39, 0.29) is 25.0 Å². The molecule has 0 spiro atoms. The number of carbonyl (C=O) groups is 2. The van der Waals surface area contributed by atoms with Gasteiger partial charge < -0.3 is 14.7 Å². The molecule has 1 N–H and O–H groups in total. The topological polar surface area (TPSA) is 66.8 Å². The first-order chi connectivity index (χ1) is 9.58. The van der Waals surface area contributed by atoms with Gasteiger partial charge in [0.15, 0.2) is 0 Å². The van der Waals surface area contributed by atoms with Crippen LogP contribution in [0.25, 0.3) is 0 Å². The molecule has 1 aromatic heterocycles. The molecule has 1 aliphatic rings. The van der Waals surface area contributed by atoms with Gasteiger partial charge >= 0.3 is 5.97 Å². The summed E-state index contributed by atoms with van der Waals surface area (Å²) in [7, 11) is 0. The Morgan fingerprint density at radius 3 is 2.70 bits per heavy atom. The van der Waals surface area contributed by atoms with E-state index in [1.54, 1.807) is 16.3 Å². The lowest BCUT2D eigenvalue weighted by Crippen LogP contribution is -2.40. The van der Waals surface area contributed by atoms with E-state index in [1.807, 2.05) is 0 Å². The van der Waals surface area contributed by atoms with E-state index in [4.69, 9.17) is 21.4 Å². The van der Waals surface area contributed by atoms with Crippen LogP contribution < -0.4 is 0 Å². The van der Waals surface area contributed by atoms with Gasteiger partial charge in [0, 0.05) is 13.1 Å². The fourth-order valence-corrected chi connectivity index (χ4v) is 3.23. The number of halogens is 1. The van der Waals surface area contributed by atoms with E-state index < -0.39 is 5.97 Å². The van der Waals surface area contributed by atoms with Gasteiger partial charge in [0.05, 0.1) is 24.2 Å². The van der Waals surface area contributed by atoms with Gasteiger partial charge in [-0.1, -0.05) is 11.6 Å². The van der Waals surface area contributed by atoms with E-state index in [0.29, 0.717) is 23.0 Å². The number of aliphatic carboxylic acids is 1. The molecule has 0 radical (unpaired) electrons. The Balaban J connectivity index is 1.78. The Kier molecular flexibility index (Phi) is 5.39. The predicted octanol–water partition coefficient (Wildman–Crippen LogP) is 2.50. The summed E-state index contributed by atoms with van der Waals surface area (Å²) in [6.07, 6.45) is 1.52. The lowest BCUT2D eigenvalue weighted by atomic mass is 10.1. The zero-order valence-electron chi connectivity index (χ0n) is 10.9. The fourth-order valence-electron chi connectivity index (χ4n) is 2.13. The summed E-state index contributed by atoms with van der Waals surface area (Å²) in [6, 6.07) is 1.72. The zero-order valence-corrected chi connectivity index (χ0v) is 12.5. The van der Waals surface area contributed by atoms with Crippen molar-refractivity contribution in [2.24, 2.45) is 0 Å². The number of likely N-dealkylation sites (tertiary alicyclic amines) is 1. The molecule has 0 atom stereocenters. The summed E-state index contributed by atoms with van der Waals surface area (Å²) in [5.41, 5.74) is 0. The minimum atomic E-state index is -0.857. The maximum absolute atomic E-state index is 12.2. The second kappa shape index (κ2) is 7.06. The fraction of sp³-hybridized carbons (Fsp3) is 0.538. The smallest absolute Gasteiger partial charge is 0.305 e. The summed E-state index contributed by atoms with van der Waals surface area (Å²) in [5.74, 6) is -0.890.